The number of benzene rings is 4. The SMILES string of the molecule is COc1ccc(-c2cccc(OC)c2C(=O)Oc2c(C)c(C)c(C(=O)Oc3c(C)c(C)c(C(=O)O)c(OC)c3C)c(OC)c2C)cc1C(=O)O. The van der Waals surface area contributed by atoms with Crippen molar-refractivity contribution in [2.75, 3.05) is 28.4 Å². The minimum Gasteiger partial charge on any atom is -0.496 e. The molecular weight excluding hydrogens is 648 g/mol. The standard InChI is InChI=1S/C38H38O12/c1-17-19(3)31(21(5)33(47-9)28(17)36(41)42)49-37(43)29-18(2)20(4)32(22(6)34(29)48-10)50-38(44)30-24(12-11-13-27(30)46-8)23-14-15-26(45-7)25(16-23)35(39)40/h11-16H,1-10H3,(H,39,40)(H,41,42). The summed E-state index contributed by atoms with van der Waals surface area (Å²) in [7, 11) is 5.47. The summed E-state index contributed by atoms with van der Waals surface area (Å²) in [5, 5.41) is 19.5. The fraction of sp³-hybridized carbons (Fsp3) is 0.263. The summed E-state index contributed by atoms with van der Waals surface area (Å²) in [6, 6.07) is 9.39. The Balaban J connectivity index is 1.81. The molecule has 0 saturated heterocycles. The fourth-order valence-electron chi connectivity index (χ4n) is 6.00. The molecule has 0 heterocycles. The maximum Gasteiger partial charge on any atom is 0.347 e. The molecule has 2 N–H and O–H groups in total. The van der Waals surface area contributed by atoms with Crippen molar-refractivity contribution in [3.8, 4) is 45.6 Å². The number of rotatable bonds is 11. The number of methoxy groups -OCH3 is 4. The van der Waals surface area contributed by atoms with Crippen LogP contribution in [0.1, 0.15) is 74.8 Å². The first-order valence-corrected chi connectivity index (χ1v) is 15.3. The third kappa shape index (κ3) is 6.39. The van der Waals surface area contributed by atoms with E-state index in [1.807, 2.05) is 0 Å². The third-order valence-electron chi connectivity index (χ3n) is 8.78. The van der Waals surface area contributed by atoms with Gasteiger partial charge in [-0.25, -0.2) is 19.2 Å². The van der Waals surface area contributed by atoms with Gasteiger partial charge in [-0.3, -0.25) is 0 Å². The molecule has 0 spiro atoms. The molecule has 0 amide bonds. The lowest BCUT2D eigenvalue weighted by Crippen LogP contribution is -2.18. The predicted molar refractivity (Wildman–Crippen MR) is 183 cm³/mol. The molecule has 0 aromatic heterocycles. The number of aromatic carboxylic acids is 2. The molecule has 0 atom stereocenters. The van der Waals surface area contributed by atoms with Crippen LogP contribution in [0.4, 0.5) is 0 Å². The Morgan fingerprint density at radius 2 is 1.00 bits per heavy atom. The van der Waals surface area contributed by atoms with Crippen LogP contribution in [-0.4, -0.2) is 62.5 Å². The van der Waals surface area contributed by atoms with E-state index in [-0.39, 0.29) is 56.8 Å². The molecule has 4 aromatic rings. The molecular formula is C38H38O12. The van der Waals surface area contributed by atoms with Crippen molar-refractivity contribution in [3.63, 3.8) is 0 Å². The summed E-state index contributed by atoms with van der Waals surface area (Å²) in [6.07, 6.45) is 0. The normalized spacial score (nSPS) is 10.7. The first kappa shape index (κ1) is 36.8. The Bertz CT molecular complexity index is 2060. The summed E-state index contributed by atoms with van der Waals surface area (Å²) in [5.41, 5.74) is 3.09. The van der Waals surface area contributed by atoms with E-state index < -0.39 is 23.9 Å². The van der Waals surface area contributed by atoms with E-state index in [0.717, 1.165) is 0 Å². The number of hydrogen-bond acceptors (Lipinski definition) is 10. The highest BCUT2D eigenvalue weighted by atomic mass is 16.5. The first-order chi connectivity index (χ1) is 23.6. The van der Waals surface area contributed by atoms with Gasteiger partial charge in [0.25, 0.3) is 0 Å². The second kappa shape index (κ2) is 14.6. The van der Waals surface area contributed by atoms with E-state index in [4.69, 9.17) is 28.4 Å². The Morgan fingerprint density at radius 1 is 0.500 bits per heavy atom. The van der Waals surface area contributed by atoms with Crippen LogP contribution in [0.2, 0.25) is 0 Å². The summed E-state index contributed by atoms with van der Waals surface area (Å²) in [5.74, 6) is -3.17. The second-order valence-electron chi connectivity index (χ2n) is 11.4. The van der Waals surface area contributed by atoms with Crippen molar-refractivity contribution in [1.82, 2.24) is 0 Å². The Kier molecular flexibility index (Phi) is 10.7. The molecule has 0 aliphatic carbocycles. The van der Waals surface area contributed by atoms with Gasteiger partial charge in [-0.05, 0) is 93.1 Å². The van der Waals surface area contributed by atoms with E-state index in [0.29, 0.717) is 44.5 Å². The highest BCUT2D eigenvalue weighted by Gasteiger charge is 2.31. The van der Waals surface area contributed by atoms with Gasteiger partial charge in [-0.15, -0.1) is 0 Å². The van der Waals surface area contributed by atoms with Crippen LogP contribution in [0.15, 0.2) is 36.4 Å². The van der Waals surface area contributed by atoms with Gasteiger partial charge in [0.15, 0.2) is 0 Å². The zero-order valence-electron chi connectivity index (χ0n) is 29.4. The van der Waals surface area contributed by atoms with Crippen molar-refractivity contribution in [1.29, 1.82) is 0 Å². The summed E-state index contributed by atoms with van der Waals surface area (Å²) < 4.78 is 33.7. The fourth-order valence-corrected chi connectivity index (χ4v) is 6.00. The van der Waals surface area contributed by atoms with Crippen LogP contribution in [0.5, 0.6) is 34.5 Å². The van der Waals surface area contributed by atoms with E-state index in [1.165, 1.54) is 40.6 Å². The molecule has 0 saturated carbocycles. The molecule has 50 heavy (non-hydrogen) atoms. The molecule has 0 fully saturated rings. The molecule has 12 heteroatoms. The molecule has 262 valence electrons. The van der Waals surface area contributed by atoms with Gasteiger partial charge in [0, 0.05) is 11.1 Å². The summed E-state index contributed by atoms with van der Waals surface area (Å²) in [6.45, 7) is 9.82. The minimum atomic E-state index is -1.21. The highest BCUT2D eigenvalue weighted by Crippen LogP contribution is 2.43. The van der Waals surface area contributed by atoms with Crippen LogP contribution in [0, 0.1) is 41.5 Å². The lowest BCUT2D eigenvalue weighted by Gasteiger charge is -2.22. The average molecular weight is 687 g/mol. The van der Waals surface area contributed by atoms with Gasteiger partial charge in [-0.1, -0.05) is 18.2 Å². The molecule has 0 unspecified atom stereocenters. The van der Waals surface area contributed by atoms with Crippen molar-refractivity contribution in [2.24, 2.45) is 0 Å². The zero-order valence-corrected chi connectivity index (χ0v) is 29.4. The van der Waals surface area contributed by atoms with Crippen molar-refractivity contribution >= 4 is 23.9 Å². The van der Waals surface area contributed by atoms with Crippen LogP contribution in [-0.2, 0) is 0 Å². The number of ether oxygens (including phenoxy) is 6. The maximum absolute atomic E-state index is 14.0. The summed E-state index contributed by atoms with van der Waals surface area (Å²) >= 11 is 0. The first-order valence-electron chi connectivity index (χ1n) is 15.3. The van der Waals surface area contributed by atoms with Gasteiger partial charge >= 0.3 is 23.9 Å². The zero-order chi connectivity index (χ0) is 37.2. The molecule has 0 radical (unpaired) electrons. The van der Waals surface area contributed by atoms with Gasteiger partial charge in [0.05, 0.1) is 28.4 Å². The van der Waals surface area contributed by atoms with Crippen molar-refractivity contribution in [2.45, 2.75) is 41.5 Å². The highest BCUT2D eigenvalue weighted by molar-refractivity contribution is 6.03. The third-order valence-corrected chi connectivity index (χ3v) is 8.78. The van der Waals surface area contributed by atoms with Crippen LogP contribution in [0.3, 0.4) is 0 Å². The molecule has 0 aliphatic rings. The van der Waals surface area contributed by atoms with Crippen LogP contribution < -0.4 is 28.4 Å². The number of carbonyl (C=O) groups is 4. The number of carboxylic acids is 2. The Hall–Kier alpha value is -6.04. The van der Waals surface area contributed by atoms with E-state index >= 15 is 0 Å². The monoisotopic (exact) mass is 686 g/mol. The molecule has 4 aromatic carbocycles. The maximum atomic E-state index is 14.0. The van der Waals surface area contributed by atoms with Gasteiger partial charge in [0.1, 0.15) is 56.8 Å². The predicted octanol–water partition coefficient (Wildman–Crippen LogP) is 7.07. The minimum absolute atomic E-state index is 0.0264. The van der Waals surface area contributed by atoms with Gasteiger partial charge in [0.2, 0.25) is 0 Å². The van der Waals surface area contributed by atoms with E-state index in [2.05, 4.69) is 0 Å². The van der Waals surface area contributed by atoms with Crippen LogP contribution in [0.25, 0.3) is 11.1 Å². The number of hydrogen-bond donors (Lipinski definition) is 2. The molecule has 4 rings (SSSR count). The number of carboxylic acid groups (broad SMARTS) is 2. The van der Waals surface area contributed by atoms with Gasteiger partial charge in [-0.2, -0.15) is 0 Å². The lowest BCUT2D eigenvalue weighted by atomic mass is 9.95. The average Bonchev–Trinajstić information content (AvgIpc) is 3.10. The second-order valence-corrected chi connectivity index (χ2v) is 11.4. The Labute approximate surface area is 289 Å². The largest absolute Gasteiger partial charge is 0.496 e. The molecule has 0 aliphatic heterocycles. The van der Waals surface area contributed by atoms with Crippen molar-refractivity contribution in [3.05, 3.63) is 92.0 Å². The molecule has 0 bridgehead atoms. The van der Waals surface area contributed by atoms with E-state index in [1.54, 1.807) is 65.8 Å². The van der Waals surface area contributed by atoms with E-state index in [9.17, 15) is 29.4 Å². The lowest BCUT2D eigenvalue weighted by molar-refractivity contribution is 0.0681. The van der Waals surface area contributed by atoms with Crippen LogP contribution >= 0.6 is 0 Å². The Morgan fingerprint density at radius 3 is 1.48 bits per heavy atom. The van der Waals surface area contributed by atoms with Gasteiger partial charge < -0.3 is 38.6 Å². The quantitative estimate of drug-likeness (QED) is 0.122. The topological polar surface area (TPSA) is 164 Å². The van der Waals surface area contributed by atoms with Crippen molar-refractivity contribution < 1.29 is 57.8 Å². The number of carbonyl (C=O) groups excluding carboxylic acids is 2. The smallest absolute Gasteiger partial charge is 0.347 e. The number of esters is 2. The molecule has 12 nitrogen and oxygen atoms in total. The summed E-state index contributed by atoms with van der Waals surface area (Å²) in [4.78, 5) is 51.8.